The summed E-state index contributed by atoms with van der Waals surface area (Å²) in [5, 5.41) is 0. The van der Waals surface area contributed by atoms with E-state index < -0.39 is 11.5 Å². The van der Waals surface area contributed by atoms with Crippen LogP contribution in [0.4, 0.5) is 0 Å². The summed E-state index contributed by atoms with van der Waals surface area (Å²) in [5.41, 5.74) is -0.546. The molecule has 0 N–H and O–H groups in total. The fraction of sp³-hybridized carbons (Fsp3) is 0.833. The molecule has 15 heavy (non-hydrogen) atoms. The molecule has 1 aliphatic heterocycles. The molecule has 2 aliphatic carbocycles. The van der Waals surface area contributed by atoms with Gasteiger partial charge >= 0.3 is 0 Å². The molecular formula is C12H16O3. The number of carbonyl (C=O) groups is 2. The van der Waals surface area contributed by atoms with Crippen molar-refractivity contribution in [1.29, 1.82) is 0 Å². The van der Waals surface area contributed by atoms with Crippen molar-refractivity contribution in [2.45, 2.75) is 44.1 Å². The molecule has 3 nitrogen and oxygen atoms in total. The summed E-state index contributed by atoms with van der Waals surface area (Å²) in [4.78, 5) is 24.0. The second-order valence-corrected chi connectivity index (χ2v) is 5.11. The van der Waals surface area contributed by atoms with Crippen LogP contribution in [0, 0.1) is 11.8 Å². The van der Waals surface area contributed by atoms with Crippen molar-refractivity contribution in [2.75, 3.05) is 6.61 Å². The van der Waals surface area contributed by atoms with E-state index in [1.165, 1.54) is 0 Å². The Labute approximate surface area is 89.2 Å². The SMILES string of the molecule is O=C(C1CC1)C1COC2(CCCC2)C1=O. The molecule has 0 aromatic rings. The number of rotatable bonds is 2. The first-order valence-corrected chi connectivity index (χ1v) is 5.95. The van der Waals surface area contributed by atoms with Gasteiger partial charge in [-0.25, -0.2) is 0 Å². The van der Waals surface area contributed by atoms with Crippen LogP contribution in [0.2, 0.25) is 0 Å². The van der Waals surface area contributed by atoms with E-state index in [2.05, 4.69) is 0 Å². The highest BCUT2D eigenvalue weighted by Crippen LogP contribution is 2.43. The second-order valence-electron chi connectivity index (χ2n) is 5.11. The van der Waals surface area contributed by atoms with Gasteiger partial charge in [-0.15, -0.1) is 0 Å². The highest BCUT2D eigenvalue weighted by Gasteiger charge is 2.54. The standard InChI is InChI=1S/C12H16O3/c13-10(8-3-4-8)9-7-15-12(11(9)14)5-1-2-6-12/h8-9H,1-7H2. The van der Waals surface area contributed by atoms with Crippen LogP contribution in [0.5, 0.6) is 0 Å². The zero-order valence-corrected chi connectivity index (χ0v) is 8.83. The van der Waals surface area contributed by atoms with Gasteiger partial charge in [0.1, 0.15) is 17.3 Å². The molecule has 3 aliphatic rings. The van der Waals surface area contributed by atoms with E-state index in [1.807, 2.05) is 0 Å². The predicted octanol–water partition coefficient (Wildman–Crippen LogP) is 1.49. The zero-order valence-electron chi connectivity index (χ0n) is 8.83. The van der Waals surface area contributed by atoms with Crippen molar-refractivity contribution >= 4 is 11.6 Å². The van der Waals surface area contributed by atoms with Crippen LogP contribution >= 0.6 is 0 Å². The minimum atomic E-state index is -0.546. The minimum Gasteiger partial charge on any atom is -0.366 e. The fourth-order valence-corrected chi connectivity index (χ4v) is 2.91. The quantitative estimate of drug-likeness (QED) is 0.646. The van der Waals surface area contributed by atoms with Crippen LogP contribution in [-0.4, -0.2) is 23.8 Å². The third-order valence-corrected chi connectivity index (χ3v) is 4.03. The summed E-state index contributed by atoms with van der Waals surface area (Å²) < 4.78 is 5.66. The third-order valence-electron chi connectivity index (χ3n) is 4.03. The molecule has 1 unspecified atom stereocenters. The minimum absolute atomic E-state index is 0.0944. The van der Waals surface area contributed by atoms with Crippen molar-refractivity contribution in [3.05, 3.63) is 0 Å². The van der Waals surface area contributed by atoms with Gasteiger partial charge in [0, 0.05) is 5.92 Å². The van der Waals surface area contributed by atoms with Crippen LogP contribution in [0.15, 0.2) is 0 Å². The first-order valence-electron chi connectivity index (χ1n) is 5.95. The molecule has 1 heterocycles. The van der Waals surface area contributed by atoms with Gasteiger partial charge in [0.15, 0.2) is 5.78 Å². The summed E-state index contributed by atoms with van der Waals surface area (Å²) in [6, 6.07) is 0. The number of hydrogen-bond acceptors (Lipinski definition) is 3. The lowest BCUT2D eigenvalue weighted by atomic mass is 9.87. The van der Waals surface area contributed by atoms with Crippen molar-refractivity contribution in [3.63, 3.8) is 0 Å². The fourth-order valence-electron chi connectivity index (χ4n) is 2.91. The lowest BCUT2D eigenvalue weighted by Crippen LogP contribution is -2.36. The molecular weight excluding hydrogens is 192 g/mol. The normalized spacial score (nSPS) is 33.9. The highest BCUT2D eigenvalue weighted by molar-refractivity contribution is 6.09. The van der Waals surface area contributed by atoms with Crippen molar-refractivity contribution in [3.8, 4) is 0 Å². The van der Waals surface area contributed by atoms with E-state index in [4.69, 9.17) is 4.74 Å². The number of ketones is 2. The van der Waals surface area contributed by atoms with Gasteiger partial charge in [-0.3, -0.25) is 9.59 Å². The van der Waals surface area contributed by atoms with Crippen LogP contribution in [-0.2, 0) is 14.3 Å². The van der Waals surface area contributed by atoms with E-state index in [9.17, 15) is 9.59 Å². The summed E-state index contributed by atoms with van der Waals surface area (Å²) in [7, 11) is 0. The number of Topliss-reactive ketones (excluding diaryl/α,β-unsaturated/α-hetero) is 2. The Morgan fingerprint density at radius 3 is 2.53 bits per heavy atom. The predicted molar refractivity (Wildman–Crippen MR) is 53.4 cm³/mol. The summed E-state index contributed by atoms with van der Waals surface area (Å²) >= 11 is 0. The Hall–Kier alpha value is -0.700. The zero-order chi connectivity index (χ0) is 10.5. The third kappa shape index (κ3) is 1.36. The molecule has 1 saturated heterocycles. The van der Waals surface area contributed by atoms with E-state index in [-0.39, 0.29) is 17.5 Å². The lowest BCUT2D eigenvalue weighted by molar-refractivity contribution is -0.136. The van der Waals surface area contributed by atoms with Gasteiger partial charge in [-0.1, -0.05) is 0 Å². The second kappa shape index (κ2) is 3.14. The molecule has 0 aromatic carbocycles. The number of carbonyl (C=O) groups excluding carboxylic acids is 2. The topological polar surface area (TPSA) is 43.4 Å². The van der Waals surface area contributed by atoms with Crippen LogP contribution in [0.3, 0.4) is 0 Å². The van der Waals surface area contributed by atoms with Crippen molar-refractivity contribution < 1.29 is 14.3 Å². The average Bonchev–Trinajstić information content (AvgIpc) is 2.91. The van der Waals surface area contributed by atoms with Crippen LogP contribution in [0.1, 0.15) is 38.5 Å². The maximum absolute atomic E-state index is 12.2. The van der Waals surface area contributed by atoms with E-state index in [0.717, 1.165) is 38.5 Å². The van der Waals surface area contributed by atoms with Gasteiger partial charge in [0.05, 0.1) is 6.61 Å². The van der Waals surface area contributed by atoms with Gasteiger partial charge in [0.25, 0.3) is 0 Å². The summed E-state index contributed by atoms with van der Waals surface area (Å²) in [6.07, 6.45) is 5.76. The Morgan fingerprint density at radius 1 is 1.27 bits per heavy atom. The monoisotopic (exact) mass is 208 g/mol. The molecule has 0 aromatic heterocycles. The molecule has 82 valence electrons. The number of hydrogen-bond donors (Lipinski definition) is 0. The summed E-state index contributed by atoms with van der Waals surface area (Å²) in [6.45, 7) is 0.355. The van der Waals surface area contributed by atoms with Crippen molar-refractivity contribution in [1.82, 2.24) is 0 Å². The van der Waals surface area contributed by atoms with Gasteiger partial charge in [-0.05, 0) is 38.5 Å². The molecule has 0 bridgehead atoms. The average molecular weight is 208 g/mol. The molecule has 0 amide bonds. The first kappa shape index (κ1) is 9.52. The van der Waals surface area contributed by atoms with Gasteiger partial charge < -0.3 is 4.74 Å². The van der Waals surface area contributed by atoms with Crippen LogP contribution < -0.4 is 0 Å². The Morgan fingerprint density at radius 2 is 1.93 bits per heavy atom. The molecule has 0 radical (unpaired) electrons. The number of ether oxygens (including phenoxy) is 1. The van der Waals surface area contributed by atoms with E-state index in [1.54, 1.807) is 0 Å². The molecule has 1 spiro atoms. The molecule has 1 atom stereocenters. The Kier molecular flexibility index (Phi) is 2.00. The first-order chi connectivity index (χ1) is 7.23. The molecule has 3 rings (SSSR count). The van der Waals surface area contributed by atoms with Gasteiger partial charge in [-0.2, -0.15) is 0 Å². The lowest BCUT2D eigenvalue weighted by Gasteiger charge is -2.19. The van der Waals surface area contributed by atoms with E-state index >= 15 is 0 Å². The Balaban J connectivity index is 1.77. The van der Waals surface area contributed by atoms with Gasteiger partial charge in [0.2, 0.25) is 0 Å². The maximum Gasteiger partial charge on any atom is 0.177 e. The van der Waals surface area contributed by atoms with Crippen molar-refractivity contribution in [2.24, 2.45) is 11.8 Å². The highest BCUT2D eigenvalue weighted by atomic mass is 16.5. The molecule has 3 fully saturated rings. The largest absolute Gasteiger partial charge is 0.366 e. The molecule has 2 saturated carbocycles. The van der Waals surface area contributed by atoms with E-state index in [0.29, 0.717) is 6.61 Å². The van der Waals surface area contributed by atoms with Crippen LogP contribution in [0.25, 0.3) is 0 Å². The smallest absolute Gasteiger partial charge is 0.177 e. The Bertz CT molecular complexity index is 311. The summed E-state index contributed by atoms with van der Waals surface area (Å²) in [5.74, 6) is 0.00961. The maximum atomic E-state index is 12.2. The molecule has 3 heteroatoms.